The van der Waals surface area contributed by atoms with Gasteiger partial charge in [-0.1, -0.05) is 0 Å². The number of hydrogen-bond donors (Lipinski definition) is 1. The summed E-state index contributed by atoms with van der Waals surface area (Å²) in [7, 11) is 0. The number of carbonyl (C=O) groups excluding carboxylic acids is 1. The highest BCUT2D eigenvalue weighted by atomic mass is 32.2. The van der Waals surface area contributed by atoms with Gasteiger partial charge >= 0.3 is 5.97 Å². The number of carbonyl (C=O) groups is 1. The van der Waals surface area contributed by atoms with E-state index in [1.807, 2.05) is 0 Å². The molecule has 0 fully saturated rings. The van der Waals surface area contributed by atoms with Crippen molar-refractivity contribution in [2.75, 3.05) is 18.1 Å². The fourth-order valence-electron chi connectivity index (χ4n) is 1.52. The molecule has 1 heterocycles. The number of thioether (sulfide) groups is 1. The molecule has 18 heavy (non-hydrogen) atoms. The molecule has 5 heteroatoms. The van der Waals surface area contributed by atoms with Crippen LogP contribution in [0, 0.1) is 0 Å². The Balaban J connectivity index is 1.97. The summed E-state index contributed by atoms with van der Waals surface area (Å²) in [5.41, 5.74) is 0. The van der Waals surface area contributed by atoms with Crippen LogP contribution in [0.5, 0.6) is 0 Å². The third-order valence-corrected chi connectivity index (χ3v) is 3.43. The predicted octanol–water partition coefficient (Wildman–Crippen LogP) is 2.78. The van der Waals surface area contributed by atoms with Gasteiger partial charge in [0.2, 0.25) is 0 Å². The molecule has 1 N–H and O–H groups in total. The molecule has 1 unspecified atom stereocenters. The average molecular weight is 272 g/mol. The predicted molar refractivity (Wildman–Crippen MR) is 71.5 cm³/mol. The van der Waals surface area contributed by atoms with E-state index in [2.05, 4.69) is 0 Å². The van der Waals surface area contributed by atoms with Gasteiger partial charge in [0.1, 0.15) is 11.9 Å². The second kappa shape index (κ2) is 9.05. The normalized spacial score (nSPS) is 12.3. The first-order chi connectivity index (χ1) is 8.74. The van der Waals surface area contributed by atoms with Gasteiger partial charge in [0.25, 0.3) is 0 Å². The summed E-state index contributed by atoms with van der Waals surface area (Å²) >= 11 is 1.57. The number of unbranched alkanes of at least 4 members (excludes halogenated alkanes) is 1. The Morgan fingerprint density at radius 3 is 3.06 bits per heavy atom. The van der Waals surface area contributed by atoms with Crippen LogP contribution < -0.4 is 0 Å². The van der Waals surface area contributed by atoms with Gasteiger partial charge in [-0.3, -0.25) is 4.79 Å². The van der Waals surface area contributed by atoms with Gasteiger partial charge in [-0.05, 0) is 44.1 Å². The smallest absolute Gasteiger partial charge is 0.315 e. The van der Waals surface area contributed by atoms with Gasteiger partial charge in [-0.2, -0.15) is 11.8 Å². The van der Waals surface area contributed by atoms with Crippen LogP contribution in [0.15, 0.2) is 22.8 Å². The zero-order valence-electron chi connectivity index (χ0n) is 10.6. The van der Waals surface area contributed by atoms with Crippen molar-refractivity contribution in [3.8, 4) is 0 Å². The van der Waals surface area contributed by atoms with E-state index in [0.717, 1.165) is 18.6 Å². The van der Waals surface area contributed by atoms with E-state index < -0.39 is 6.10 Å². The second-order valence-corrected chi connectivity index (χ2v) is 4.99. The number of aliphatic hydroxyl groups excluding tert-OH is 1. The average Bonchev–Trinajstić information content (AvgIpc) is 2.87. The van der Waals surface area contributed by atoms with Crippen molar-refractivity contribution >= 4 is 17.7 Å². The molecule has 0 spiro atoms. The van der Waals surface area contributed by atoms with Gasteiger partial charge in [0.15, 0.2) is 0 Å². The molecular formula is C13H20O4S. The number of ether oxygens (including phenoxy) is 1. The summed E-state index contributed by atoms with van der Waals surface area (Å²) < 4.78 is 9.94. The molecule has 0 radical (unpaired) electrons. The van der Waals surface area contributed by atoms with Crippen molar-refractivity contribution in [1.82, 2.24) is 0 Å². The summed E-state index contributed by atoms with van der Waals surface area (Å²) in [6.07, 6.45) is 3.62. The Bertz CT molecular complexity index is 324. The Morgan fingerprint density at radius 2 is 2.39 bits per heavy atom. The van der Waals surface area contributed by atoms with Gasteiger partial charge in [-0.15, -0.1) is 0 Å². The Hall–Kier alpha value is -0.940. The standard InChI is InChI=1S/C13H20O4S/c1-2-16-13(15)10-18-9-4-3-6-11(14)12-7-5-8-17-12/h5,7-8,11,14H,2-4,6,9-10H2,1H3. The molecule has 1 aromatic heterocycles. The minimum Gasteiger partial charge on any atom is -0.467 e. The molecule has 0 aliphatic rings. The van der Waals surface area contributed by atoms with Crippen LogP contribution in [-0.2, 0) is 9.53 Å². The van der Waals surface area contributed by atoms with Crippen LogP contribution in [0.25, 0.3) is 0 Å². The number of hydrogen-bond acceptors (Lipinski definition) is 5. The first-order valence-electron chi connectivity index (χ1n) is 6.19. The summed E-state index contributed by atoms with van der Waals surface area (Å²) in [5, 5.41) is 9.75. The van der Waals surface area contributed by atoms with E-state index in [-0.39, 0.29) is 5.97 Å². The van der Waals surface area contributed by atoms with Crippen molar-refractivity contribution in [1.29, 1.82) is 0 Å². The SMILES string of the molecule is CCOC(=O)CSCCCCC(O)c1ccco1. The van der Waals surface area contributed by atoms with Crippen LogP contribution in [-0.4, -0.2) is 29.2 Å². The molecule has 0 saturated heterocycles. The highest BCUT2D eigenvalue weighted by Crippen LogP contribution is 2.20. The van der Waals surface area contributed by atoms with E-state index in [1.54, 1.807) is 37.1 Å². The van der Waals surface area contributed by atoms with Crippen molar-refractivity contribution in [3.63, 3.8) is 0 Å². The zero-order chi connectivity index (χ0) is 13.2. The van der Waals surface area contributed by atoms with Crippen molar-refractivity contribution in [3.05, 3.63) is 24.2 Å². The van der Waals surface area contributed by atoms with Gasteiger partial charge in [0.05, 0.1) is 18.6 Å². The van der Waals surface area contributed by atoms with Gasteiger partial charge < -0.3 is 14.3 Å². The summed E-state index contributed by atoms with van der Waals surface area (Å²) in [6.45, 7) is 2.24. The van der Waals surface area contributed by atoms with E-state index in [9.17, 15) is 9.90 Å². The maximum Gasteiger partial charge on any atom is 0.315 e. The van der Waals surface area contributed by atoms with Crippen LogP contribution >= 0.6 is 11.8 Å². The summed E-state index contributed by atoms with van der Waals surface area (Å²) in [5.74, 6) is 1.78. The lowest BCUT2D eigenvalue weighted by Crippen LogP contribution is -2.07. The van der Waals surface area contributed by atoms with Crippen molar-refractivity contribution in [2.24, 2.45) is 0 Å². The number of rotatable bonds is 9. The molecule has 4 nitrogen and oxygen atoms in total. The molecule has 0 aliphatic heterocycles. The fraction of sp³-hybridized carbons (Fsp3) is 0.615. The number of esters is 1. The van der Waals surface area contributed by atoms with Crippen molar-refractivity contribution < 1.29 is 19.1 Å². The van der Waals surface area contributed by atoms with Crippen LogP contribution in [0.2, 0.25) is 0 Å². The number of furan rings is 1. The monoisotopic (exact) mass is 272 g/mol. The summed E-state index contributed by atoms with van der Waals surface area (Å²) in [4.78, 5) is 11.0. The molecule has 0 aliphatic carbocycles. The topological polar surface area (TPSA) is 59.7 Å². The molecule has 0 saturated carbocycles. The van der Waals surface area contributed by atoms with E-state index in [4.69, 9.17) is 9.15 Å². The second-order valence-electron chi connectivity index (χ2n) is 3.88. The molecule has 1 atom stereocenters. The first-order valence-corrected chi connectivity index (χ1v) is 7.34. The largest absolute Gasteiger partial charge is 0.467 e. The fourth-order valence-corrected chi connectivity index (χ4v) is 2.33. The molecular weight excluding hydrogens is 252 g/mol. The van der Waals surface area contributed by atoms with E-state index in [1.165, 1.54) is 0 Å². The minimum atomic E-state index is -0.518. The van der Waals surface area contributed by atoms with Crippen LogP contribution in [0.1, 0.15) is 38.1 Å². The lowest BCUT2D eigenvalue weighted by molar-refractivity contribution is -0.139. The van der Waals surface area contributed by atoms with Crippen LogP contribution in [0.3, 0.4) is 0 Å². The third-order valence-electron chi connectivity index (χ3n) is 2.41. The molecule has 0 bridgehead atoms. The Kier molecular flexibility index (Phi) is 7.60. The highest BCUT2D eigenvalue weighted by molar-refractivity contribution is 7.99. The Morgan fingerprint density at radius 1 is 1.56 bits per heavy atom. The maximum atomic E-state index is 11.0. The van der Waals surface area contributed by atoms with Crippen molar-refractivity contribution in [2.45, 2.75) is 32.3 Å². The lowest BCUT2D eigenvalue weighted by Gasteiger charge is -2.07. The molecule has 1 aromatic rings. The third kappa shape index (κ3) is 6.12. The van der Waals surface area contributed by atoms with Gasteiger partial charge in [0, 0.05) is 0 Å². The highest BCUT2D eigenvalue weighted by Gasteiger charge is 2.09. The lowest BCUT2D eigenvalue weighted by atomic mass is 10.1. The number of aliphatic hydroxyl groups is 1. The van der Waals surface area contributed by atoms with Gasteiger partial charge in [-0.25, -0.2) is 0 Å². The Labute approximate surface area is 112 Å². The van der Waals surface area contributed by atoms with E-state index in [0.29, 0.717) is 24.5 Å². The molecule has 102 valence electrons. The molecule has 1 rings (SSSR count). The molecule has 0 aromatic carbocycles. The minimum absolute atomic E-state index is 0.155. The van der Waals surface area contributed by atoms with E-state index >= 15 is 0 Å². The van der Waals surface area contributed by atoms with Crippen LogP contribution in [0.4, 0.5) is 0 Å². The maximum absolute atomic E-state index is 11.0. The quantitative estimate of drug-likeness (QED) is 0.553. The first kappa shape index (κ1) is 15.1. The summed E-state index contributed by atoms with van der Waals surface area (Å²) in [6, 6.07) is 3.55. The molecule has 0 amide bonds. The zero-order valence-corrected chi connectivity index (χ0v) is 11.4.